The van der Waals surface area contributed by atoms with Crippen LogP contribution in [-0.4, -0.2) is 63.2 Å². The van der Waals surface area contributed by atoms with Crippen molar-refractivity contribution in [2.75, 3.05) is 31.5 Å². The van der Waals surface area contributed by atoms with Gasteiger partial charge in [-0.25, -0.2) is 4.79 Å². The number of aromatic amines is 1. The predicted octanol–water partition coefficient (Wildman–Crippen LogP) is 5.30. The fraction of sp³-hybridized carbons (Fsp3) is 0.370. The minimum atomic E-state index is -1.59. The highest BCUT2D eigenvalue weighted by Gasteiger charge is 2.70. The third-order valence-electron chi connectivity index (χ3n) is 7.84. The molecule has 2 fully saturated rings. The van der Waals surface area contributed by atoms with Crippen LogP contribution >= 0.6 is 45.3 Å². The lowest BCUT2D eigenvalue weighted by Gasteiger charge is -2.54. The fourth-order valence-electron chi connectivity index (χ4n) is 6.29. The number of rotatable bonds is 8. The van der Waals surface area contributed by atoms with Crippen molar-refractivity contribution in [3.8, 4) is 0 Å². The van der Waals surface area contributed by atoms with Crippen molar-refractivity contribution in [3.63, 3.8) is 0 Å². The Hall–Kier alpha value is -2.32. The molecule has 0 saturated carbocycles. The summed E-state index contributed by atoms with van der Waals surface area (Å²) in [5.74, 6) is -1.31. The third kappa shape index (κ3) is 3.85. The smallest absolute Gasteiger partial charge is 0.332 e. The summed E-state index contributed by atoms with van der Waals surface area (Å²) in [6.07, 6.45) is 3.63. The maximum Gasteiger partial charge on any atom is 0.332 e. The Kier molecular flexibility index (Phi) is 7.06. The molecule has 2 aliphatic heterocycles. The van der Waals surface area contributed by atoms with Gasteiger partial charge in [0.15, 0.2) is 11.1 Å². The van der Waals surface area contributed by atoms with Crippen molar-refractivity contribution in [2.24, 2.45) is 0 Å². The molecule has 0 aliphatic carbocycles. The number of carboxylic acids is 1. The van der Waals surface area contributed by atoms with Crippen LogP contribution in [0.3, 0.4) is 0 Å². The Morgan fingerprint density at radius 2 is 1.50 bits per heavy atom. The summed E-state index contributed by atoms with van der Waals surface area (Å²) in [4.78, 5) is 34.5. The molecule has 2 saturated heterocycles. The SMILES string of the molecule is O=C(O)C(c1cccs1)(N1CCCC1)C(C(=O)Nc1ccc2n[nH]c(I)c2c1)(c1cccs1)N1CCCC1. The van der Waals surface area contributed by atoms with Crippen LogP contribution in [0.1, 0.15) is 35.4 Å². The maximum absolute atomic E-state index is 15.0. The zero-order chi connectivity index (χ0) is 26.3. The van der Waals surface area contributed by atoms with Crippen LogP contribution in [0.5, 0.6) is 0 Å². The summed E-state index contributed by atoms with van der Waals surface area (Å²) >= 11 is 5.07. The van der Waals surface area contributed by atoms with Gasteiger partial charge in [-0.2, -0.15) is 5.10 Å². The summed E-state index contributed by atoms with van der Waals surface area (Å²) in [5, 5.41) is 26.6. The molecule has 0 bridgehead atoms. The quantitative estimate of drug-likeness (QED) is 0.222. The number of H-pyrrole nitrogens is 1. The number of amides is 1. The molecule has 4 aromatic rings. The van der Waals surface area contributed by atoms with E-state index in [9.17, 15) is 9.90 Å². The summed E-state index contributed by atoms with van der Waals surface area (Å²) in [6.45, 7) is 2.55. The lowest BCUT2D eigenvalue weighted by molar-refractivity contribution is -0.172. The Labute approximate surface area is 242 Å². The van der Waals surface area contributed by atoms with Crippen molar-refractivity contribution < 1.29 is 14.7 Å². The van der Waals surface area contributed by atoms with Crippen molar-refractivity contribution in [2.45, 2.75) is 36.8 Å². The zero-order valence-electron chi connectivity index (χ0n) is 20.7. The molecular weight excluding hydrogens is 633 g/mol. The first kappa shape index (κ1) is 25.9. The molecule has 0 spiro atoms. The first-order chi connectivity index (χ1) is 18.5. The van der Waals surface area contributed by atoms with E-state index in [1.165, 1.54) is 22.7 Å². The van der Waals surface area contributed by atoms with Crippen LogP contribution in [-0.2, 0) is 20.7 Å². The van der Waals surface area contributed by atoms with E-state index in [2.05, 4.69) is 47.9 Å². The molecule has 0 radical (unpaired) electrons. The number of benzene rings is 1. The van der Waals surface area contributed by atoms with Gasteiger partial charge < -0.3 is 10.4 Å². The molecule has 6 rings (SSSR count). The molecule has 1 amide bonds. The second-order valence-corrected chi connectivity index (χ2v) is 12.8. The van der Waals surface area contributed by atoms with Crippen LogP contribution in [0.25, 0.3) is 10.9 Å². The number of aliphatic carboxylic acids is 1. The number of fused-ring (bicyclic) bond motifs is 1. The molecular formula is C27H28IN5O3S2. The number of aromatic nitrogens is 2. The topological polar surface area (TPSA) is 102 Å². The first-order valence-corrected chi connectivity index (χ1v) is 15.6. The van der Waals surface area contributed by atoms with Gasteiger partial charge in [-0.3, -0.25) is 19.7 Å². The molecule has 2 unspecified atom stereocenters. The number of hydrogen-bond acceptors (Lipinski definition) is 7. The average molecular weight is 662 g/mol. The Balaban J connectivity index is 1.62. The second-order valence-electron chi connectivity index (χ2n) is 9.79. The molecule has 1 aromatic carbocycles. The average Bonchev–Trinajstić information content (AvgIpc) is 3.74. The van der Waals surface area contributed by atoms with E-state index in [0.717, 1.165) is 45.2 Å². The van der Waals surface area contributed by atoms with Gasteiger partial charge in [0, 0.05) is 20.8 Å². The number of carbonyl (C=O) groups is 2. The second kappa shape index (κ2) is 10.3. The maximum atomic E-state index is 15.0. The number of anilines is 1. The van der Waals surface area contributed by atoms with E-state index in [1.54, 1.807) is 0 Å². The van der Waals surface area contributed by atoms with E-state index in [4.69, 9.17) is 0 Å². The Morgan fingerprint density at radius 1 is 0.921 bits per heavy atom. The monoisotopic (exact) mass is 661 g/mol. The molecule has 5 heterocycles. The summed E-state index contributed by atoms with van der Waals surface area (Å²) in [7, 11) is 0. The highest BCUT2D eigenvalue weighted by atomic mass is 127. The molecule has 2 aliphatic rings. The lowest BCUT2D eigenvalue weighted by Crippen LogP contribution is -2.73. The Bertz CT molecular complexity index is 1440. The zero-order valence-corrected chi connectivity index (χ0v) is 24.4. The minimum absolute atomic E-state index is 0.317. The van der Waals surface area contributed by atoms with Crippen molar-refractivity contribution >= 4 is 73.7 Å². The fourth-order valence-corrected chi connectivity index (χ4v) is 8.84. The van der Waals surface area contributed by atoms with E-state index < -0.39 is 17.0 Å². The van der Waals surface area contributed by atoms with Crippen LogP contribution in [0.15, 0.2) is 53.2 Å². The Morgan fingerprint density at radius 3 is 2.05 bits per heavy atom. The number of carbonyl (C=O) groups excluding carboxylic acids is 1. The largest absolute Gasteiger partial charge is 0.480 e. The van der Waals surface area contributed by atoms with Gasteiger partial charge in [0.2, 0.25) is 0 Å². The standard InChI is InChI=1S/C27H28IN5O3S2/c28-23-19-17-18(9-10-20(19)30-31-23)29-24(34)26(21-7-5-15-37-21,32-11-1-2-12-32)27(25(35)36,22-8-6-16-38-22)33-13-3-4-14-33/h5-10,15-17H,1-4,11-14H2,(H,29,34)(H,30,31)(H,35,36). The summed E-state index contributed by atoms with van der Waals surface area (Å²) in [6, 6.07) is 13.3. The third-order valence-corrected chi connectivity index (χ3v) is 10.6. The summed E-state index contributed by atoms with van der Waals surface area (Å²) < 4.78 is 0.883. The van der Waals surface area contributed by atoms with Gasteiger partial charge >= 0.3 is 5.97 Å². The van der Waals surface area contributed by atoms with Gasteiger partial charge in [-0.05, 0) is 116 Å². The number of nitrogens with zero attached hydrogens (tertiary/aromatic N) is 3. The van der Waals surface area contributed by atoms with Crippen LogP contribution in [0.4, 0.5) is 5.69 Å². The minimum Gasteiger partial charge on any atom is -0.480 e. The molecule has 198 valence electrons. The first-order valence-electron chi connectivity index (χ1n) is 12.8. The number of hydrogen-bond donors (Lipinski definition) is 3. The number of thiophene rings is 2. The number of likely N-dealkylation sites (tertiary alicyclic amines) is 2. The molecule has 8 nitrogen and oxygen atoms in total. The highest BCUT2D eigenvalue weighted by molar-refractivity contribution is 14.1. The highest BCUT2D eigenvalue weighted by Crippen LogP contribution is 2.54. The number of carboxylic acid groups (broad SMARTS) is 1. The molecule has 3 N–H and O–H groups in total. The van der Waals surface area contributed by atoms with Crippen LogP contribution < -0.4 is 5.32 Å². The lowest BCUT2D eigenvalue weighted by atomic mass is 9.70. The van der Waals surface area contributed by atoms with E-state index >= 15 is 4.79 Å². The van der Waals surface area contributed by atoms with E-state index in [1.807, 2.05) is 53.2 Å². The van der Waals surface area contributed by atoms with Gasteiger partial charge in [-0.15, -0.1) is 22.7 Å². The van der Waals surface area contributed by atoms with Gasteiger partial charge in [0.05, 0.1) is 5.52 Å². The van der Waals surface area contributed by atoms with Crippen LogP contribution in [0, 0.1) is 3.70 Å². The van der Waals surface area contributed by atoms with Gasteiger partial charge in [-0.1, -0.05) is 12.1 Å². The van der Waals surface area contributed by atoms with Crippen LogP contribution in [0.2, 0.25) is 0 Å². The number of nitrogens with one attached hydrogen (secondary N) is 2. The summed E-state index contributed by atoms with van der Waals surface area (Å²) in [5.41, 5.74) is -1.64. The van der Waals surface area contributed by atoms with E-state index in [0.29, 0.717) is 36.7 Å². The predicted molar refractivity (Wildman–Crippen MR) is 159 cm³/mol. The molecule has 11 heteroatoms. The van der Waals surface area contributed by atoms with Crippen molar-refractivity contribution in [1.82, 2.24) is 20.0 Å². The number of halogens is 1. The molecule has 38 heavy (non-hydrogen) atoms. The van der Waals surface area contributed by atoms with Gasteiger partial charge in [0.1, 0.15) is 3.70 Å². The van der Waals surface area contributed by atoms with Crippen molar-refractivity contribution in [3.05, 3.63) is 66.7 Å². The normalized spacial score (nSPS) is 19.9. The van der Waals surface area contributed by atoms with Gasteiger partial charge in [0.25, 0.3) is 5.91 Å². The van der Waals surface area contributed by atoms with E-state index in [-0.39, 0.29) is 5.91 Å². The molecule has 3 aromatic heterocycles. The van der Waals surface area contributed by atoms with Crippen molar-refractivity contribution in [1.29, 1.82) is 0 Å². The molecule has 2 atom stereocenters.